The highest BCUT2D eigenvalue weighted by Crippen LogP contribution is 2.35. The zero-order valence-corrected chi connectivity index (χ0v) is 12.8. The molecule has 0 bridgehead atoms. The van der Waals surface area contributed by atoms with E-state index >= 15 is 0 Å². The third-order valence-corrected chi connectivity index (χ3v) is 5.16. The molecule has 0 amide bonds. The number of aryl methyl sites for hydroxylation is 1. The van der Waals surface area contributed by atoms with E-state index in [0.717, 1.165) is 5.56 Å². The summed E-state index contributed by atoms with van der Waals surface area (Å²) in [5.74, 6) is 0.502. The van der Waals surface area contributed by atoms with Crippen LogP contribution in [0.5, 0.6) is 0 Å². The van der Waals surface area contributed by atoms with Crippen LogP contribution in [0.1, 0.15) is 18.1 Å². The van der Waals surface area contributed by atoms with Crippen molar-refractivity contribution in [2.24, 2.45) is 4.99 Å². The third-order valence-electron chi connectivity index (χ3n) is 3.39. The Morgan fingerprint density at radius 2 is 1.81 bits per heavy atom. The van der Waals surface area contributed by atoms with Gasteiger partial charge in [-0.15, -0.1) is 0 Å². The molecule has 0 radical (unpaired) electrons. The lowest BCUT2D eigenvalue weighted by Gasteiger charge is -2.18. The highest BCUT2D eigenvalue weighted by Gasteiger charge is 2.40. The summed E-state index contributed by atoms with van der Waals surface area (Å²) in [6.45, 7) is 4.37. The van der Waals surface area contributed by atoms with Crippen molar-refractivity contribution in [1.29, 1.82) is 0 Å². The minimum atomic E-state index is -3.59. The number of anilines is 1. The molecule has 2 aromatic carbocycles. The van der Waals surface area contributed by atoms with Crippen LogP contribution in [0.4, 0.5) is 5.69 Å². The van der Waals surface area contributed by atoms with Crippen molar-refractivity contribution in [2.45, 2.75) is 18.7 Å². The predicted molar refractivity (Wildman–Crippen MR) is 84.4 cm³/mol. The van der Waals surface area contributed by atoms with Gasteiger partial charge >= 0.3 is 0 Å². The van der Waals surface area contributed by atoms with E-state index in [0.29, 0.717) is 28.5 Å². The van der Waals surface area contributed by atoms with Crippen molar-refractivity contribution >= 4 is 21.5 Å². The molecule has 1 heterocycles. The van der Waals surface area contributed by atoms with Crippen molar-refractivity contribution in [1.82, 2.24) is 0 Å². The number of hydrogen-bond acceptors (Lipinski definition) is 3. The largest absolute Gasteiger partial charge is 0.270 e. The van der Waals surface area contributed by atoms with E-state index in [1.165, 1.54) is 4.31 Å². The van der Waals surface area contributed by atoms with Crippen LogP contribution >= 0.6 is 0 Å². The molecule has 4 nitrogen and oxygen atoms in total. The van der Waals surface area contributed by atoms with Gasteiger partial charge in [0, 0.05) is 12.1 Å². The maximum absolute atomic E-state index is 12.8. The van der Waals surface area contributed by atoms with E-state index in [1.807, 2.05) is 44.2 Å². The fourth-order valence-corrected chi connectivity index (χ4v) is 4.14. The molecule has 0 aliphatic carbocycles. The van der Waals surface area contributed by atoms with Crippen LogP contribution in [-0.4, -0.2) is 20.8 Å². The molecule has 0 saturated carbocycles. The molecule has 0 unspecified atom stereocenters. The molecular formula is C16H16N2O2S. The zero-order chi connectivity index (χ0) is 15.0. The van der Waals surface area contributed by atoms with Gasteiger partial charge in [0.05, 0.1) is 10.6 Å². The third kappa shape index (κ3) is 2.14. The van der Waals surface area contributed by atoms with Crippen LogP contribution in [0, 0.1) is 6.92 Å². The Labute approximate surface area is 124 Å². The van der Waals surface area contributed by atoms with Crippen LogP contribution in [0.15, 0.2) is 58.4 Å². The summed E-state index contributed by atoms with van der Waals surface area (Å²) in [4.78, 5) is 4.75. The summed E-state index contributed by atoms with van der Waals surface area (Å²) in [7, 11) is -3.59. The Morgan fingerprint density at radius 3 is 2.48 bits per heavy atom. The molecule has 0 N–H and O–H groups in total. The van der Waals surface area contributed by atoms with Crippen LogP contribution in [0.3, 0.4) is 0 Å². The molecule has 1 aliphatic heterocycles. The smallest absolute Gasteiger partial charge is 0.267 e. The fraction of sp³-hybridized carbons (Fsp3) is 0.188. The Bertz CT molecular complexity index is 811. The second kappa shape index (κ2) is 5.00. The van der Waals surface area contributed by atoms with E-state index in [9.17, 15) is 8.42 Å². The highest BCUT2D eigenvalue weighted by molar-refractivity contribution is 7.94. The summed E-state index contributed by atoms with van der Waals surface area (Å²) >= 11 is 0. The minimum absolute atomic E-state index is 0.323. The molecule has 21 heavy (non-hydrogen) atoms. The molecule has 0 atom stereocenters. The SMILES string of the molecule is CCN=C1c2cc(C)ccc2S(=O)(=O)N1c1ccccc1. The standard InChI is InChI=1S/C16H16N2O2S/c1-3-17-16-14-11-12(2)9-10-15(14)21(19,20)18(16)13-7-5-4-6-8-13/h4-11H,3H2,1-2H3. The molecule has 0 spiro atoms. The minimum Gasteiger partial charge on any atom is -0.267 e. The summed E-state index contributed by atoms with van der Waals surface area (Å²) in [5, 5.41) is 0. The number of benzene rings is 2. The highest BCUT2D eigenvalue weighted by atomic mass is 32.2. The molecule has 108 valence electrons. The van der Waals surface area contributed by atoms with Gasteiger partial charge in [0.1, 0.15) is 0 Å². The molecule has 0 fully saturated rings. The Kier molecular flexibility index (Phi) is 3.29. The van der Waals surface area contributed by atoms with Crippen molar-refractivity contribution < 1.29 is 8.42 Å². The van der Waals surface area contributed by atoms with Crippen LogP contribution < -0.4 is 4.31 Å². The second-order valence-electron chi connectivity index (χ2n) is 4.90. The van der Waals surface area contributed by atoms with Crippen LogP contribution in [-0.2, 0) is 10.0 Å². The van der Waals surface area contributed by atoms with Crippen molar-refractivity contribution in [2.75, 3.05) is 10.8 Å². The first kappa shape index (κ1) is 13.8. The summed E-state index contributed by atoms with van der Waals surface area (Å²) < 4.78 is 27.0. The van der Waals surface area contributed by atoms with Crippen LogP contribution in [0.25, 0.3) is 0 Å². The quantitative estimate of drug-likeness (QED) is 0.856. The summed E-state index contributed by atoms with van der Waals surface area (Å²) in [6, 6.07) is 14.4. The molecule has 3 rings (SSSR count). The first-order valence-corrected chi connectivity index (χ1v) is 8.25. The molecule has 5 heteroatoms. The number of sulfonamides is 1. The van der Waals surface area contributed by atoms with Gasteiger partial charge in [0.25, 0.3) is 10.0 Å². The number of rotatable bonds is 2. The van der Waals surface area contributed by atoms with Gasteiger partial charge in [-0.2, -0.15) is 0 Å². The Balaban J connectivity index is 2.29. The Morgan fingerprint density at radius 1 is 1.10 bits per heavy atom. The Hall–Kier alpha value is -2.14. The number of para-hydroxylation sites is 1. The van der Waals surface area contributed by atoms with Gasteiger partial charge in [-0.1, -0.05) is 29.8 Å². The number of hydrogen-bond donors (Lipinski definition) is 0. The first-order chi connectivity index (χ1) is 10.1. The van der Waals surface area contributed by atoms with Crippen LogP contribution in [0.2, 0.25) is 0 Å². The monoisotopic (exact) mass is 300 g/mol. The number of nitrogens with zero attached hydrogens (tertiary/aromatic N) is 2. The number of amidine groups is 1. The average Bonchev–Trinajstić information content (AvgIpc) is 2.68. The number of fused-ring (bicyclic) bond motifs is 1. The molecule has 0 aromatic heterocycles. The first-order valence-electron chi connectivity index (χ1n) is 6.81. The van der Waals surface area contributed by atoms with E-state index in [-0.39, 0.29) is 0 Å². The number of aliphatic imine (C=N–C) groups is 1. The van der Waals surface area contributed by atoms with Gasteiger partial charge in [-0.05, 0) is 38.1 Å². The van der Waals surface area contributed by atoms with Gasteiger partial charge in [-0.3, -0.25) is 4.99 Å². The average molecular weight is 300 g/mol. The van der Waals surface area contributed by atoms with Crippen molar-refractivity contribution in [3.05, 3.63) is 59.7 Å². The molecule has 2 aromatic rings. The van der Waals surface area contributed by atoms with Gasteiger partial charge < -0.3 is 0 Å². The lowest BCUT2D eigenvalue weighted by Crippen LogP contribution is -2.30. The second-order valence-corrected chi connectivity index (χ2v) is 6.66. The molecule has 1 aliphatic rings. The van der Waals surface area contributed by atoms with Gasteiger partial charge in [-0.25, -0.2) is 12.7 Å². The zero-order valence-electron chi connectivity index (χ0n) is 11.9. The fourth-order valence-electron chi connectivity index (χ4n) is 2.49. The molecule has 0 saturated heterocycles. The van der Waals surface area contributed by atoms with E-state index in [4.69, 9.17) is 0 Å². The summed E-state index contributed by atoms with van der Waals surface area (Å²) in [5.41, 5.74) is 2.31. The van der Waals surface area contributed by atoms with E-state index in [2.05, 4.69) is 4.99 Å². The normalized spacial score (nSPS) is 18.0. The van der Waals surface area contributed by atoms with E-state index < -0.39 is 10.0 Å². The maximum Gasteiger partial charge on any atom is 0.270 e. The predicted octanol–water partition coefficient (Wildman–Crippen LogP) is 2.97. The lowest BCUT2D eigenvalue weighted by atomic mass is 10.1. The lowest BCUT2D eigenvalue weighted by molar-refractivity contribution is 0.599. The van der Waals surface area contributed by atoms with E-state index in [1.54, 1.807) is 18.2 Å². The van der Waals surface area contributed by atoms with Gasteiger partial charge in [0.2, 0.25) is 0 Å². The van der Waals surface area contributed by atoms with Crippen molar-refractivity contribution in [3.8, 4) is 0 Å². The summed E-state index contributed by atoms with van der Waals surface area (Å²) in [6.07, 6.45) is 0. The topological polar surface area (TPSA) is 49.7 Å². The van der Waals surface area contributed by atoms with Gasteiger partial charge in [0.15, 0.2) is 5.84 Å². The maximum atomic E-state index is 12.8. The van der Waals surface area contributed by atoms with Crippen molar-refractivity contribution in [3.63, 3.8) is 0 Å². The molecular weight excluding hydrogens is 284 g/mol.